The summed E-state index contributed by atoms with van der Waals surface area (Å²) in [5.74, 6) is 2.23. The molecule has 0 amide bonds. The minimum atomic E-state index is -3.05. The van der Waals surface area contributed by atoms with Crippen LogP contribution in [0.3, 0.4) is 0 Å². The van der Waals surface area contributed by atoms with E-state index in [0.29, 0.717) is 6.42 Å². The molecule has 15 heavy (non-hydrogen) atoms. The van der Waals surface area contributed by atoms with Gasteiger partial charge in [-0.25, -0.2) is 13.1 Å². The zero-order valence-corrected chi connectivity index (χ0v) is 10.8. The zero-order valence-electron chi connectivity index (χ0n) is 9.16. The van der Waals surface area contributed by atoms with Gasteiger partial charge in [-0.1, -0.05) is 6.92 Å². The minimum Gasteiger partial charge on any atom is -0.317 e. The van der Waals surface area contributed by atoms with Crippen LogP contribution in [0, 0.1) is 0 Å². The Kier molecular flexibility index (Phi) is 5.96. The summed E-state index contributed by atoms with van der Waals surface area (Å²) in [6.07, 6.45) is 1.65. The van der Waals surface area contributed by atoms with Gasteiger partial charge in [0.2, 0.25) is 10.0 Å². The summed E-state index contributed by atoms with van der Waals surface area (Å²) < 4.78 is 26.0. The first kappa shape index (κ1) is 13.3. The van der Waals surface area contributed by atoms with Crippen LogP contribution in [-0.4, -0.2) is 44.8 Å². The van der Waals surface area contributed by atoms with E-state index in [4.69, 9.17) is 0 Å². The van der Waals surface area contributed by atoms with E-state index in [2.05, 4.69) is 10.0 Å². The molecule has 0 aromatic rings. The molecule has 1 fully saturated rings. The summed E-state index contributed by atoms with van der Waals surface area (Å²) in [5, 5.41) is 3.12. The number of hydrogen-bond acceptors (Lipinski definition) is 4. The van der Waals surface area contributed by atoms with E-state index < -0.39 is 10.0 Å². The molecule has 6 heteroatoms. The Labute approximate surface area is 96.6 Å². The summed E-state index contributed by atoms with van der Waals surface area (Å²) in [5.41, 5.74) is 0. The van der Waals surface area contributed by atoms with Gasteiger partial charge in [-0.3, -0.25) is 0 Å². The molecule has 4 nitrogen and oxygen atoms in total. The van der Waals surface area contributed by atoms with Crippen LogP contribution < -0.4 is 10.0 Å². The largest absolute Gasteiger partial charge is 0.317 e. The summed E-state index contributed by atoms with van der Waals surface area (Å²) in [6, 6.07) is 0.166. The summed E-state index contributed by atoms with van der Waals surface area (Å²) in [6.45, 7) is 3.69. The smallest absolute Gasteiger partial charge is 0.211 e. The second kappa shape index (κ2) is 6.73. The van der Waals surface area contributed by atoms with Crippen molar-refractivity contribution >= 4 is 21.8 Å². The average Bonchev–Trinajstić information content (AvgIpc) is 2.64. The fraction of sp³-hybridized carbons (Fsp3) is 1.00. The Morgan fingerprint density at radius 1 is 1.47 bits per heavy atom. The van der Waals surface area contributed by atoms with E-state index in [-0.39, 0.29) is 11.8 Å². The molecule has 1 heterocycles. The lowest BCUT2D eigenvalue weighted by atomic mass is 10.3. The van der Waals surface area contributed by atoms with E-state index in [1.165, 1.54) is 0 Å². The van der Waals surface area contributed by atoms with Crippen molar-refractivity contribution < 1.29 is 8.42 Å². The first-order chi connectivity index (χ1) is 7.14. The van der Waals surface area contributed by atoms with E-state index in [1.807, 2.05) is 18.7 Å². The van der Waals surface area contributed by atoms with Crippen LogP contribution in [0.5, 0.6) is 0 Å². The van der Waals surface area contributed by atoms with Crippen LogP contribution in [0.1, 0.15) is 19.8 Å². The highest BCUT2D eigenvalue weighted by Gasteiger charge is 2.20. The first-order valence-electron chi connectivity index (χ1n) is 5.42. The van der Waals surface area contributed by atoms with Crippen molar-refractivity contribution in [2.75, 3.05) is 30.3 Å². The Balaban J connectivity index is 2.19. The second-order valence-corrected chi connectivity index (χ2v) is 6.73. The van der Waals surface area contributed by atoms with Crippen LogP contribution >= 0.6 is 11.8 Å². The highest BCUT2D eigenvalue weighted by molar-refractivity contribution is 7.99. The minimum absolute atomic E-state index is 0.166. The van der Waals surface area contributed by atoms with E-state index >= 15 is 0 Å². The maximum Gasteiger partial charge on any atom is 0.211 e. The van der Waals surface area contributed by atoms with Crippen LogP contribution in [0.15, 0.2) is 0 Å². The van der Waals surface area contributed by atoms with E-state index in [0.717, 1.165) is 31.0 Å². The summed E-state index contributed by atoms with van der Waals surface area (Å²) in [4.78, 5) is 0. The SMILES string of the molecule is CCNCCCS(=O)(=O)NC1CCSC1. The van der Waals surface area contributed by atoms with Gasteiger partial charge in [0.05, 0.1) is 5.75 Å². The Bertz CT molecular complexity index is 261. The maximum absolute atomic E-state index is 11.6. The summed E-state index contributed by atoms with van der Waals surface area (Å²) in [7, 11) is -3.05. The van der Waals surface area contributed by atoms with Crippen molar-refractivity contribution in [3.05, 3.63) is 0 Å². The molecule has 1 aliphatic rings. The van der Waals surface area contributed by atoms with Crippen LogP contribution in [0.4, 0.5) is 0 Å². The molecule has 0 radical (unpaired) electrons. The molecule has 0 bridgehead atoms. The lowest BCUT2D eigenvalue weighted by Crippen LogP contribution is -2.36. The molecule has 0 aromatic heterocycles. The monoisotopic (exact) mass is 252 g/mol. The molecule has 1 unspecified atom stereocenters. The van der Waals surface area contributed by atoms with Crippen LogP contribution in [0.25, 0.3) is 0 Å². The fourth-order valence-electron chi connectivity index (χ4n) is 1.50. The number of hydrogen-bond donors (Lipinski definition) is 2. The maximum atomic E-state index is 11.6. The third-order valence-electron chi connectivity index (χ3n) is 2.29. The number of sulfonamides is 1. The normalized spacial score (nSPS) is 22.1. The topological polar surface area (TPSA) is 58.2 Å². The highest BCUT2D eigenvalue weighted by Crippen LogP contribution is 2.17. The number of thioether (sulfide) groups is 1. The Hall–Kier alpha value is 0.220. The summed E-state index contributed by atoms with van der Waals surface area (Å²) >= 11 is 1.82. The van der Waals surface area contributed by atoms with Crippen molar-refractivity contribution in [2.45, 2.75) is 25.8 Å². The molecule has 0 spiro atoms. The molecule has 90 valence electrons. The van der Waals surface area contributed by atoms with E-state index in [1.54, 1.807) is 0 Å². The predicted molar refractivity (Wildman–Crippen MR) is 65.8 cm³/mol. The highest BCUT2D eigenvalue weighted by atomic mass is 32.2. The number of nitrogens with one attached hydrogen (secondary N) is 2. The van der Waals surface area contributed by atoms with Gasteiger partial charge in [0, 0.05) is 11.8 Å². The lowest BCUT2D eigenvalue weighted by molar-refractivity contribution is 0.558. The van der Waals surface area contributed by atoms with Crippen molar-refractivity contribution in [2.24, 2.45) is 0 Å². The molecule has 0 saturated carbocycles. The van der Waals surface area contributed by atoms with Crippen LogP contribution in [-0.2, 0) is 10.0 Å². The average molecular weight is 252 g/mol. The third kappa shape index (κ3) is 5.75. The molecule has 1 saturated heterocycles. The predicted octanol–water partition coefficient (Wildman–Crippen LogP) is 0.411. The molecule has 0 aliphatic carbocycles. The Morgan fingerprint density at radius 3 is 2.87 bits per heavy atom. The fourth-order valence-corrected chi connectivity index (χ4v) is 4.11. The molecule has 2 N–H and O–H groups in total. The van der Waals surface area contributed by atoms with E-state index in [9.17, 15) is 8.42 Å². The Morgan fingerprint density at radius 2 is 2.27 bits per heavy atom. The van der Waals surface area contributed by atoms with Crippen molar-refractivity contribution in [3.8, 4) is 0 Å². The van der Waals surface area contributed by atoms with Crippen molar-refractivity contribution in [3.63, 3.8) is 0 Å². The standard InChI is InChI=1S/C9H20N2O2S2/c1-2-10-5-3-7-15(12,13)11-9-4-6-14-8-9/h9-11H,2-8H2,1H3. The third-order valence-corrected chi connectivity index (χ3v) is 4.97. The number of rotatable bonds is 7. The zero-order chi connectivity index (χ0) is 11.1. The molecule has 1 atom stereocenters. The van der Waals surface area contributed by atoms with Gasteiger partial charge in [0.1, 0.15) is 0 Å². The van der Waals surface area contributed by atoms with Gasteiger partial charge in [-0.15, -0.1) is 0 Å². The van der Waals surface area contributed by atoms with Crippen LogP contribution in [0.2, 0.25) is 0 Å². The molecule has 1 aliphatic heterocycles. The van der Waals surface area contributed by atoms with Gasteiger partial charge in [0.15, 0.2) is 0 Å². The van der Waals surface area contributed by atoms with Gasteiger partial charge < -0.3 is 5.32 Å². The molecule has 0 aromatic carbocycles. The van der Waals surface area contributed by atoms with Crippen molar-refractivity contribution in [1.82, 2.24) is 10.0 Å². The first-order valence-corrected chi connectivity index (χ1v) is 8.23. The van der Waals surface area contributed by atoms with Gasteiger partial charge in [0.25, 0.3) is 0 Å². The van der Waals surface area contributed by atoms with Crippen molar-refractivity contribution in [1.29, 1.82) is 0 Å². The molecular formula is C9H20N2O2S2. The van der Waals surface area contributed by atoms with Gasteiger partial charge >= 0.3 is 0 Å². The lowest BCUT2D eigenvalue weighted by Gasteiger charge is -2.11. The molecule has 1 rings (SSSR count). The quantitative estimate of drug-likeness (QED) is 0.644. The van der Waals surface area contributed by atoms with Gasteiger partial charge in [-0.05, 0) is 31.7 Å². The van der Waals surface area contributed by atoms with Gasteiger partial charge in [-0.2, -0.15) is 11.8 Å². The molecular weight excluding hydrogens is 232 g/mol. The second-order valence-electron chi connectivity index (χ2n) is 3.70.